The topological polar surface area (TPSA) is 57.7 Å². The van der Waals surface area contributed by atoms with Gasteiger partial charge in [0.15, 0.2) is 0 Å². The fourth-order valence-corrected chi connectivity index (χ4v) is 5.45. The van der Waals surface area contributed by atoms with Gasteiger partial charge in [-0.05, 0) is 61.1 Å². The third kappa shape index (κ3) is 3.39. The number of piperazine rings is 1. The van der Waals surface area contributed by atoms with Crippen molar-refractivity contribution in [1.29, 1.82) is 0 Å². The predicted octanol–water partition coefficient (Wildman–Crippen LogP) is 2.63. The van der Waals surface area contributed by atoms with E-state index in [0.29, 0.717) is 36.6 Å². The summed E-state index contributed by atoms with van der Waals surface area (Å²) in [5.74, 6) is -0.0253. The third-order valence-corrected chi connectivity index (χ3v) is 7.50. The van der Waals surface area contributed by atoms with Crippen LogP contribution in [0.15, 0.2) is 47.4 Å². The molecule has 0 bridgehead atoms. The van der Waals surface area contributed by atoms with E-state index in [2.05, 4.69) is 0 Å². The second-order valence-corrected chi connectivity index (χ2v) is 9.23. The number of nitrogens with zero attached hydrogens (tertiary/aromatic N) is 2. The summed E-state index contributed by atoms with van der Waals surface area (Å²) in [4.78, 5) is 14.9. The van der Waals surface area contributed by atoms with Crippen LogP contribution in [0.25, 0.3) is 0 Å². The molecule has 0 unspecified atom stereocenters. The quantitative estimate of drug-likeness (QED) is 0.817. The lowest BCUT2D eigenvalue weighted by molar-refractivity contribution is 0.0697. The second kappa shape index (κ2) is 7.09. The molecule has 1 saturated heterocycles. The van der Waals surface area contributed by atoms with Gasteiger partial charge in [-0.1, -0.05) is 24.3 Å². The second-order valence-electron chi connectivity index (χ2n) is 7.30. The SMILES string of the molecule is Cc1ccccc1C(=O)N1CCN(S(=O)(=O)c2ccc3c(c2)CCC3)CC1. The van der Waals surface area contributed by atoms with Gasteiger partial charge < -0.3 is 4.90 Å². The molecule has 0 atom stereocenters. The van der Waals surface area contributed by atoms with E-state index in [4.69, 9.17) is 0 Å². The minimum atomic E-state index is -3.51. The number of sulfonamides is 1. The lowest BCUT2D eigenvalue weighted by atomic mass is 10.1. The number of carbonyl (C=O) groups is 1. The maximum Gasteiger partial charge on any atom is 0.254 e. The number of benzene rings is 2. The van der Waals surface area contributed by atoms with Crippen molar-refractivity contribution in [3.05, 3.63) is 64.7 Å². The van der Waals surface area contributed by atoms with Crippen LogP contribution in [0.1, 0.15) is 33.5 Å². The minimum absolute atomic E-state index is 0.0253. The first-order chi connectivity index (χ1) is 13.0. The highest BCUT2D eigenvalue weighted by Gasteiger charge is 2.31. The van der Waals surface area contributed by atoms with Gasteiger partial charge in [-0.25, -0.2) is 8.42 Å². The van der Waals surface area contributed by atoms with Crippen molar-refractivity contribution in [3.8, 4) is 0 Å². The van der Waals surface area contributed by atoms with Gasteiger partial charge >= 0.3 is 0 Å². The van der Waals surface area contributed by atoms with Gasteiger partial charge in [-0.3, -0.25) is 4.79 Å². The summed E-state index contributed by atoms with van der Waals surface area (Å²) >= 11 is 0. The third-order valence-electron chi connectivity index (χ3n) is 5.61. The lowest BCUT2D eigenvalue weighted by Gasteiger charge is -2.34. The van der Waals surface area contributed by atoms with Crippen LogP contribution < -0.4 is 0 Å². The van der Waals surface area contributed by atoms with Crippen LogP contribution in [0.3, 0.4) is 0 Å². The highest BCUT2D eigenvalue weighted by molar-refractivity contribution is 7.89. The van der Waals surface area contributed by atoms with Crippen LogP contribution in [0.2, 0.25) is 0 Å². The van der Waals surface area contributed by atoms with E-state index in [9.17, 15) is 13.2 Å². The van der Waals surface area contributed by atoms with Gasteiger partial charge in [0.2, 0.25) is 10.0 Å². The molecule has 1 fully saturated rings. The number of rotatable bonds is 3. The number of amides is 1. The van der Waals surface area contributed by atoms with E-state index in [1.54, 1.807) is 11.0 Å². The fourth-order valence-electron chi connectivity index (χ4n) is 3.97. The van der Waals surface area contributed by atoms with Gasteiger partial charge in [-0.2, -0.15) is 4.31 Å². The van der Waals surface area contributed by atoms with Crippen molar-refractivity contribution in [2.45, 2.75) is 31.1 Å². The molecule has 142 valence electrons. The molecule has 0 spiro atoms. The highest BCUT2D eigenvalue weighted by Crippen LogP contribution is 2.27. The van der Waals surface area contributed by atoms with Crippen LogP contribution >= 0.6 is 0 Å². The zero-order valence-electron chi connectivity index (χ0n) is 15.5. The molecule has 2 aliphatic rings. The normalized spacial score (nSPS) is 17.7. The van der Waals surface area contributed by atoms with Crippen LogP contribution in [0, 0.1) is 6.92 Å². The number of hydrogen-bond donors (Lipinski definition) is 0. The van der Waals surface area contributed by atoms with E-state index < -0.39 is 10.0 Å². The molecule has 0 radical (unpaired) electrons. The molecular formula is C21H24N2O3S. The summed E-state index contributed by atoms with van der Waals surface area (Å²) in [6.45, 7) is 3.41. The number of aryl methyl sites for hydroxylation is 3. The molecule has 0 saturated carbocycles. The lowest BCUT2D eigenvalue weighted by Crippen LogP contribution is -2.50. The summed E-state index contributed by atoms with van der Waals surface area (Å²) in [5, 5.41) is 0. The van der Waals surface area contributed by atoms with Crippen LogP contribution in [0.5, 0.6) is 0 Å². The standard InChI is InChI=1S/C21H24N2O3S/c1-16-5-2-3-8-20(16)21(24)22-11-13-23(14-12-22)27(25,26)19-10-9-17-6-4-7-18(17)15-19/h2-3,5,8-10,15H,4,6-7,11-14H2,1H3. The van der Waals surface area contributed by atoms with E-state index >= 15 is 0 Å². The van der Waals surface area contributed by atoms with Gasteiger partial charge in [-0.15, -0.1) is 0 Å². The molecule has 0 aromatic heterocycles. The van der Waals surface area contributed by atoms with Crippen molar-refractivity contribution < 1.29 is 13.2 Å². The Morgan fingerprint density at radius 2 is 1.63 bits per heavy atom. The first-order valence-electron chi connectivity index (χ1n) is 9.44. The monoisotopic (exact) mass is 384 g/mol. The number of hydrogen-bond acceptors (Lipinski definition) is 3. The Morgan fingerprint density at radius 1 is 0.926 bits per heavy atom. The summed E-state index contributed by atoms with van der Waals surface area (Å²) in [5.41, 5.74) is 4.05. The number of carbonyl (C=O) groups excluding carboxylic acids is 1. The zero-order chi connectivity index (χ0) is 19.0. The molecule has 4 rings (SSSR count). The molecule has 1 aliphatic carbocycles. The Balaban J connectivity index is 1.47. The highest BCUT2D eigenvalue weighted by atomic mass is 32.2. The Labute approximate surface area is 160 Å². The average molecular weight is 385 g/mol. The average Bonchev–Trinajstić information content (AvgIpc) is 3.16. The van der Waals surface area contributed by atoms with E-state index in [-0.39, 0.29) is 5.91 Å². The summed E-state index contributed by atoms with van der Waals surface area (Å²) in [6, 6.07) is 13.0. The molecule has 2 aromatic carbocycles. The summed E-state index contributed by atoms with van der Waals surface area (Å²) < 4.78 is 27.5. The van der Waals surface area contributed by atoms with E-state index in [1.165, 1.54) is 9.87 Å². The largest absolute Gasteiger partial charge is 0.336 e. The zero-order valence-corrected chi connectivity index (χ0v) is 16.3. The maximum atomic E-state index is 13.0. The van der Waals surface area contributed by atoms with Crippen molar-refractivity contribution in [2.75, 3.05) is 26.2 Å². The van der Waals surface area contributed by atoms with Crippen molar-refractivity contribution in [2.24, 2.45) is 0 Å². The van der Waals surface area contributed by atoms with E-state index in [1.807, 2.05) is 43.3 Å². The Hall–Kier alpha value is -2.18. The molecule has 5 nitrogen and oxygen atoms in total. The van der Waals surface area contributed by atoms with Gasteiger partial charge in [0.05, 0.1) is 4.90 Å². The molecule has 27 heavy (non-hydrogen) atoms. The molecule has 0 N–H and O–H groups in total. The Morgan fingerprint density at radius 3 is 2.37 bits per heavy atom. The summed E-state index contributed by atoms with van der Waals surface area (Å²) in [6.07, 6.45) is 3.09. The maximum absolute atomic E-state index is 13.0. The molecule has 6 heteroatoms. The summed E-state index contributed by atoms with van der Waals surface area (Å²) in [7, 11) is -3.51. The minimum Gasteiger partial charge on any atom is -0.336 e. The smallest absolute Gasteiger partial charge is 0.254 e. The molecule has 2 aromatic rings. The van der Waals surface area contributed by atoms with Crippen LogP contribution in [0.4, 0.5) is 0 Å². The van der Waals surface area contributed by atoms with E-state index in [0.717, 1.165) is 30.4 Å². The van der Waals surface area contributed by atoms with Crippen molar-refractivity contribution >= 4 is 15.9 Å². The fraction of sp³-hybridized carbons (Fsp3) is 0.381. The Kier molecular flexibility index (Phi) is 4.78. The molecule has 1 amide bonds. The van der Waals surface area contributed by atoms with Gasteiger partial charge in [0, 0.05) is 31.7 Å². The van der Waals surface area contributed by atoms with Gasteiger partial charge in [0.1, 0.15) is 0 Å². The van der Waals surface area contributed by atoms with Crippen LogP contribution in [-0.4, -0.2) is 49.7 Å². The van der Waals surface area contributed by atoms with Crippen molar-refractivity contribution in [3.63, 3.8) is 0 Å². The van der Waals surface area contributed by atoms with Crippen molar-refractivity contribution in [1.82, 2.24) is 9.21 Å². The Bertz CT molecular complexity index is 977. The first-order valence-corrected chi connectivity index (χ1v) is 10.9. The molecule has 1 heterocycles. The molecule has 1 aliphatic heterocycles. The van der Waals surface area contributed by atoms with Gasteiger partial charge in [0.25, 0.3) is 5.91 Å². The first kappa shape index (κ1) is 18.2. The molecular weight excluding hydrogens is 360 g/mol. The number of fused-ring (bicyclic) bond motifs is 1. The predicted molar refractivity (Wildman–Crippen MR) is 104 cm³/mol. The van der Waals surface area contributed by atoms with Crippen LogP contribution in [-0.2, 0) is 22.9 Å².